The van der Waals surface area contributed by atoms with Crippen molar-refractivity contribution in [3.05, 3.63) is 37.3 Å². The van der Waals surface area contributed by atoms with Crippen LogP contribution in [-0.4, -0.2) is 44.9 Å². The van der Waals surface area contributed by atoms with E-state index in [0.29, 0.717) is 6.54 Å². The van der Waals surface area contributed by atoms with E-state index in [0.717, 1.165) is 41.8 Å². The molecule has 6 heteroatoms. The number of rotatable bonds is 4. The van der Waals surface area contributed by atoms with Gasteiger partial charge in [-0.05, 0) is 18.9 Å². The first-order valence-electron chi connectivity index (χ1n) is 7.35. The zero-order valence-electron chi connectivity index (χ0n) is 12.4. The summed E-state index contributed by atoms with van der Waals surface area (Å²) in [5, 5.41) is 4.38. The minimum atomic E-state index is -0.0206. The normalized spacial score (nSPS) is 18.2. The van der Waals surface area contributed by atoms with Crippen LogP contribution in [-0.2, 0) is 4.79 Å². The summed E-state index contributed by atoms with van der Waals surface area (Å²) in [6.45, 7) is 8.81. The summed E-state index contributed by atoms with van der Waals surface area (Å²) in [4.78, 5) is 25.3. The third-order valence-corrected chi connectivity index (χ3v) is 3.97. The first kappa shape index (κ1) is 14.3. The summed E-state index contributed by atoms with van der Waals surface area (Å²) < 4.78 is 0. The molecule has 2 aromatic rings. The number of hydrogen-bond acceptors (Lipinski definition) is 4. The Kier molecular flexibility index (Phi) is 3.91. The molecule has 3 rings (SSSR count). The van der Waals surface area contributed by atoms with Crippen LogP contribution in [0, 0.1) is 0 Å². The summed E-state index contributed by atoms with van der Waals surface area (Å²) in [6.07, 6.45) is 8.51. The number of carbonyl (C=O) groups is 1. The number of anilines is 1. The van der Waals surface area contributed by atoms with Crippen LogP contribution in [0.5, 0.6) is 0 Å². The van der Waals surface area contributed by atoms with Crippen LogP contribution in [0.3, 0.4) is 0 Å². The zero-order valence-corrected chi connectivity index (χ0v) is 12.4. The molecule has 1 aliphatic heterocycles. The molecule has 0 radical (unpaired) electrons. The Balaban J connectivity index is 1.83. The zero-order chi connectivity index (χ0) is 15.5. The van der Waals surface area contributed by atoms with Crippen molar-refractivity contribution in [1.82, 2.24) is 19.9 Å². The molecule has 0 bridgehead atoms. The monoisotopic (exact) mass is 297 g/mol. The highest BCUT2D eigenvalue weighted by Crippen LogP contribution is 2.25. The molecule has 2 aromatic heterocycles. The van der Waals surface area contributed by atoms with E-state index in [9.17, 15) is 4.79 Å². The Hall–Kier alpha value is -2.63. The predicted molar refractivity (Wildman–Crippen MR) is 87.4 cm³/mol. The summed E-state index contributed by atoms with van der Waals surface area (Å²) in [5.74, 6) is 0.756. The van der Waals surface area contributed by atoms with Gasteiger partial charge < -0.3 is 15.2 Å². The molecule has 0 saturated carbocycles. The van der Waals surface area contributed by atoms with Gasteiger partial charge in [0.15, 0.2) is 0 Å². The van der Waals surface area contributed by atoms with Gasteiger partial charge in [-0.2, -0.15) is 0 Å². The average Bonchev–Trinajstić information content (AvgIpc) is 2.98. The van der Waals surface area contributed by atoms with Crippen molar-refractivity contribution in [3.63, 3.8) is 0 Å². The van der Waals surface area contributed by atoms with Gasteiger partial charge >= 0.3 is 0 Å². The number of fused-ring (bicyclic) bond motifs is 1. The number of hydrogen-bond donors (Lipinski definition) is 2. The standard InChI is InChI=1S/C16H19N5O/c1-3-11-8-17-15-14(11)16(19-10-18-15)20-12-6-5-7-21(9-12)13(22)4-2/h3-4,8,10,12H,1-2,5-7,9H2,(H2,17,18,19,20). The summed E-state index contributed by atoms with van der Waals surface area (Å²) in [6, 6.07) is 0.170. The topological polar surface area (TPSA) is 73.9 Å². The summed E-state index contributed by atoms with van der Waals surface area (Å²) >= 11 is 0. The Morgan fingerprint density at radius 3 is 3.09 bits per heavy atom. The Bertz CT molecular complexity index is 720. The average molecular weight is 297 g/mol. The van der Waals surface area contributed by atoms with E-state index in [1.54, 1.807) is 6.08 Å². The van der Waals surface area contributed by atoms with Crippen molar-refractivity contribution >= 4 is 28.8 Å². The van der Waals surface area contributed by atoms with Crippen LogP contribution in [0.15, 0.2) is 31.8 Å². The van der Waals surface area contributed by atoms with Gasteiger partial charge in [-0.1, -0.05) is 19.2 Å². The van der Waals surface area contributed by atoms with E-state index in [-0.39, 0.29) is 11.9 Å². The number of H-pyrrole nitrogens is 1. The third kappa shape index (κ3) is 2.59. The van der Waals surface area contributed by atoms with Gasteiger partial charge in [0.1, 0.15) is 17.8 Å². The lowest BCUT2D eigenvalue weighted by Gasteiger charge is -2.32. The number of nitrogens with zero attached hydrogens (tertiary/aromatic N) is 3. The lowest BCUT2D eigenvalue weighted by molar-refractivity contribution is -0.127. The van der Waals surface area contributed by atoms with Crippen LogP contribution in [0.4, 0.5) is 5.82 Å². The van der Waals surface area contributed by atoms with E-state index in [4.69, 9.17) is 0 Å². The SMILES string of the molecule is C=CC(=O)N1CCCC(Nc2ncnc3[nH]cc(C=C)c23)C1. The molecule has 22 heavy (non-hydrogen) atoms. The Morgan fingerprint density at radius 2 is 2.32 bits per heavy atom. The number of amides is 1. The predicted octanol–water partition coefficient (Wildman–Crippen LogP) is 2.19. The van der Waals surface area contributed by atoms with E-state index in [1.165, 1.54) is 12.4 Å². The van der Waals surface area contributed by atoms with E-state index >= 15 is 0 Å². The fourth-order valence-electron chi connectivity index (χ4n) is 2.87. The van der Waals surface area contributed by atoms with Crippen molar-refractivity contribution < 1.29 is 4.79 Å². The van der Waals surface area contributed by atoms with Crippen LogP contribution < -0.4 is 5.32 Å². The number of aromatic nitrogens is 3. The van der Waals surface area contributed by atoms with Crippen LogP contribution in [0.1, 0.15) is 18.4 Å². The molecule has 3 heterocycles. The van der Waals surface area contributed by atoms with Gasteiger partial charge in [-0.3, -0.25) is 4.79 Å². The molecular weight excluding hydrogens is 278 g/mol. The second kappa shape index (κ2) is 6.01. The molecule has 114 valence electrons. The third-order valence-electron chi connectivity index (χ3n) is 3.97. The first-order chi connectivity index (χ1) is 10.7. The van der Waals surface area contributed by atoms with Crippen LogP contribution in [0.25, 0.3) is 17.1 Å². The maximum absolute atomic E-state index is 11.8. The Labute approximate surface area is 128 Å². The van der Waals surface area contributed by atoms with Gasteiger partial charge in [0.05, 0.1) is 5.39 Å². The molecule has 1 saturated heterocycles. The fourth-order valence-corrected chi connectivity index (χ4v) is 2.87. The van der Waals surface area contributed by atoms with E-state index < -0.39 is 0 Å². The van der Waals surface area contributed by atoms with Gasteiger partial charge in [0.2, 0.25) is 5.91 Å². The largest absolute Gasteiger partial charge is 0.365 e. The molecule has 0 spiro atoms. The smallest absolute Gasteiger partial charge is 0.246 e. The first-order valence-corrected chi connectivity index (χ1v) is 7.35. The quantitative estimate of drug-likeness (QED) is 0.848. The highest BCUT2D eigenvalue weighted by atomic mass is 16.2. The molecule has 1 atom stereocenters. The minimum Gasteiger partial charge on any atom is -0.365 e. The molecule has 2 N–H and O–H groups in total. The van der Waals surface area contributed by atoms with Crippen molar-refractivity contribution in [2.24, 2.45) is 0 Å². The molecule has 1 aliphatic rings. The minimum absolute atomic E-state index is 0.0206. The van der Waals surface area contributed by atoms with Gasteiger partial charge in [0, 0.05) is 30.9 Å². The number of nitrogens with one attached hydrogen (secondary N) is 2. The molecule has 1 unspecified atom stereocenters. The molecule has 1 fully saturated rings. The van der Waals surface area contributed by atoms with Crippen LogP contribution >= 0.6 is 0 Å². The molecule has 0 aromatic carbocycles. The molecule has 6 nitrogen and oxygen atoms in total. The second-order valence-electron chi connectivity index (χ2n) is 5.37. The highest BCUT2D eigenvalue weighted by molar-refractivity contribution is 5.94. The van der Waals surface area contributed by atoms with Crippen molar-refractivity contribution in [2.45, 2.75) is 18.9 Å². The maximum Gasteiger partial charge on any atom is 0.246 e. The Morgan fingerprint density at radius 1 is 1.45 bits per heavy atom. The van der Waals surface area contributed by atoms with Gasteiger partial charge in [-0.25, -0.2) is 9.97 Å². The van der Waals surface area contributed by atoms with Crippen molar-refractivity contribution in [2.75, 3.05) is 18.4 Å². The summed E-state index contributed by atoms with van der Waals surface area (Å²) in [5.41, 5.74) is 1.75. The van der Waals surface area contributed by atoms with Crippen molar-refractivity contribution in [3.8, 4) is 0 Å². The maximum atomic E-state index is 11.8. The number of aromatic amines is 1. The fraction of sp³-hybridized carbons (Fsp3) is 0.312. The lowest BCUT2D eigenvalue weighted by Crippen LogP contribution is -2.44. The van der Waals surface area contributed by atoms with E-state index in [1.807, 2.05) is 11.1 Å². The molecule has 0 aliphatic carbocycles. The number of piperidine rings is 1. The molecule has 1 amide bonds. The van der Waals surface area contributed by atoms with E-state index in [2.05, 4.69) is 33.4 Å². The number of carbonyl (C=O) groups excluding carboxylic acids is 1. The molecular formula is C16H19N5O. The van der Waals surface area contributed by atoms with Gasteiger partial charge in [0.25, 0.3) is 0 Å². The van der Waals surface area contributed by atoms with Gasteiger partial charge in [-0.15, -0.1) is 0 Å². The number of likely N-dealkylation sites (tertiary alicyclic amines) is 1. The van der Waals surface area contributed by atoms with Crippen molar-refractivity contribution in [1.29, 1.82) is 0 Å². The van der Waals surface area contributed by atoms with Crippen LogP contribution in [0.2, 0.25) is 0 Å². The lowest BCUT2D eigenvalue weighted by atomic mass is 10.1. The highest BCUT2D eigenvalue weighted by Gasteiger charge is 2.23. The summed E-state index contributed by atoms with van der Waals surface area (Å²) in [7, 11) is 0. The second-order valence-corrected chi connectivity index (χ2v) is 5.37.